The number of phosphoric acid groups is 2. The molecule has 2 aromatic carbocycles. The summed E-state index contributed by atoms with van der Waals surface area (Å²) in [7, 11) is -10.7. The van der Waals surface area contributed by atoms with Crippen LogP contribution in [0.15, 0.2) is 36.4 Å². The number of rotatable bonds is 16. The van der Waals surface area contributed by atoms with Crippen LogP contribution in [0, 0.1) is 34.5 Å². The number of carbonyl (C=O) groups is 2. The fourth-order valence-electron chi connectivity index (χ4n) is 13.3. The Bertz CT molecular complexity index is 2030. The van der Waals surface area contributed by atoms with E-state index in [2.05, 4.69) is 13.8 Å². The van der Waals surface area contributed by atoms with Crippen molar-refractivity contribution in [3.63, 3.8) is 0 Å². The number of alkyl halides is 4. The van der Waals surface area contributed by atoms with Gasteiger partial charge in [0.2, 0.25) is 0 Å². The molecule has 4 fully saturated rings. The van der Waals surface area contributed by atoms with Crippen LogP contribution in [0.3, 0.4) is 0 Å². The Morgan fingerprint density at radius 1 is 0.612 bits per heavy atom. The maximum atomic E-state index is 13.5. The quantitative estimate of drug-likeness (QED) is 0.133. The Morgan fingerprint density at radius 3 is 1.34 bits per heavy atom. The van der Waals surface area contributed by atoms with Crippen LogP contribution >= 0.6 is 62.0 Å². The number of benzene rings is 2. The number of hydrogen-bond donors (Lipinski definition) is 0. The molecule has 360 valence electrons. The molecule has 6 aliphatic rings. The molecular weight excluding hydrogens is 1010 g/mol. The topological polar surface area (TPSA) is 167 Å². The Morgan fingerprint density at radius 2 is 0.985 bits per heavy atom. The predicted octanol–water partition coefficient (Wildman–Crippen LogP) is 4.39. The van der Waals surface area contributed by atoms with Crippen molar-refractivity contribution in [1.29, 1.82) is 0 Å². The van der Waals surface area contributed by atoms with E-state index < -0.39 is 50.9 Å². The van der Waals surface area contributed by atoms with Gasteiger partial charge in [-0.05, 0) is 170 Å². The molecule has 0 aliphatic heterocycles. The van der Waals surface area contributed by atoms with Crippen molar-refractivity contribution in [2.24, 2.45) is 34.5 Å². The number of aryl methyl sites for hydroxylation is 2. The summed E-state index contributed by atoms with van der Waals surface area (Å²) < 4.78 is 54.9. The first-order valence-corrected chi connectivity index (χ1v) is 28.2. The number of halogens is 4. The number of phosphoric ester groups is 2. The Labute approximate surface area is 459 Å². The summed E-state index contributed by atoms with van der Waals surface area (Å²) in [5, 5.41) is 0. The normalized spacial score (nSPS) is 31.9. The van der Waals surface area contributed by atoms with Crippen LogP contribution in [0.5, 0.6) is 11.5 Å². The maximum absolute atomic E-state index is 13.5. The van der Waals surface area contributed by atoms with E-state index in [9.17, 15) is 28.5 Å². The van der Waals surface area contributed by atoms with Crippen molar-refractivity contribution in [3.05, 3.63) is 58.7 Å². The van der Waals surface area contributed by atoms with E-state index in [1.807, 2.05) is 36.4 Å². The van der Waals surface area contributed by atoms with E-state index in [1.54, 1.807) is 0 Å². The molecule has 0 heterocycles. The second kappa shape index (κ2) is 23.7. The standard InChI is InChI=1S/C46H62Cl4N2O11P2.2Na/c1-45-17-15-35-33-9-5-31(59-43(53)51(23-19-47)24-20-48)27-29(33)3-7-37(35)39(45)11-13-41(45)61-64(55,56)63-65(57,58)62-42-14-12-40-38-8-4-30-28-32(60-44(54)52(25-21-49)26-22-50)6-10-34(30)36(38)16-18-46(40,42)2;;/h5-6,9-10,27-28,35-42H,3-4,7-8,11-26H2,1-2H3,(H,55,56)(H,57,58);;/q;2*+1/p-2/t35-,36+,37-,38+,39+,40-,41-,42-,45-,46-;;/m0../s1. The molecule has 2 aromatic rings. The molecule has 0 aromatic heterocycles. The molecule has 67 heavy (non-hydrogen) atoms. The second-order valence-corrected chi connectivity index (χ2v) is 23.8. The molecule has 0 N–H and O–H groups in total. The van der Waals surface area contributed by atoms with Gasteiger partial charge < -0.3 is 38.1 Å². The van der Waals surface area contributed by atoms with E-state index in [1.165, 1.54) is 20.9 Å². The Balaban J connectivity index is 0.00000370. The molecule has 2 unspecified atom stereocenters. The van der Waals surface area contributed by atoms with Gasteiger partial charge in [-0.15, -0.1) is 46.4 Å². The number of fused-ring (bicyclic) bond motifs is 10. The molecule has 0 saturated heterocycles. The molecule has 2 amide bonds. The van der Waals surface area contributed by atoms with Gasteiger partial charge in [0.1, 0.15) is 11.5 Å². The van der Waals surface area contributed by atoms with Crippen LogP contribution in [-0.4, -0.2) is 83.9 Å². The average molecular weight is 1070 g/mol. The van der Waals surface area contributed by atoms with Crippen LogP contribution in [0.25, 0.3) is 0 Å². The van der Waals surface area contributed by atoms with Gasteiger partial charge in [-0.1, -0.05) is 26.0 Å². The van der Waals surface area contributed by atoms with Gasteiger partial charge in [0, 0.05) is 49.7 Å². The minimum absolute atomic E-state index is 0. The molecule has 8 rings (SSSR count). The van der Waals surface area contributed by atoms with E-state index in [4.69, 9.17) is 69.2 Å². The molecule has 4 saturated carbocycles. The molecule has 0 spiro atoms. The third-order valence-corrected chi connectivity index (χ3v) is 19.6. The van der Waals surface area contributed by atoms with Crippen LogP contribution in [0.1, 0.15) is 112 Å². The van der Waals surface area contributed by atoms with Crippen molar-refractivity contribution >= 4 is 74.2 Å². The fourth-order valence-corrected chi connectivity index (χ4v) is 16.7. The smallest absolute Gasteiger partial charge is 0.756 e. The zero-order valence-corrected chi connectivity index (χ0v) is 47.8. The van der Waals surface area contributed by atoms with Crippen molar-refractivity contribution < 1.29 is 110 Å². The van der Waals surface area contributed by atoms with Gasteiger partial charge in [0.05, 0.1) is 12.2 Å². The first kappa shape index (κ1) is 56.7. The summed E-state index contributed by atoms with van der Waals surface area (Å²) in [6.45, 7) is 5.48. The van der Waals surface area contributed by atoms with Crippen LogP contribution in [0.2, 0.25) is 0 Å². The second-order valence-electron chi connectivity index (χ2n) is 19.4. The molecule has 0 bridgehead atoms. The molecule has 6 aliphatic carbocycles. The molecule has 21 heteroatoms. The van der Waals surface area contributed by atoms with Gasteiger partial charge in [0.25, 0.3) is 15.6 Å². The van der Waals surface area contributed by atoms with Crippen molar-refractivity contribution in [2.45, 2.75) is 115 Å². The summed E-state index contributed by atoms with van der Waals surface area (Å²) in [6, 6.07) is 11.6. The zero-order valence-electron chi connectivity index (χ0n) is 39.0. The largest absolute Gasteiger partial charge is 1.00 e. The number of ether oxygens (including phenoxy) is 2. The first-order chi connectivity index (χ1) is 31.0. The summed E-state index contributed by atoms with van der Waals surface area (Å²) in [5.74, 6) is 3.48. The van der Waals surface area contributed by atoms with Crippen LogP contribution in [-0.2, 0) is 35.3 Å². The Hall–Kier alpha value is 0.400. The van der Waals surface area contributed by atoms with Crippen LogP contribution < -0.4 is 78.4 Å². The van der Waals surface area contributed by atoms with Crippen LogP contribution in [0.4, 0.5) is 9.59 Å². The fraction of sp³-hybridized carbons (Fsp3) is 0.696. The summed E-state index contributed by atoms with van der Waals surface area (Å²) >= 11 is 23.5. The number of carbonyl (C=O) groups excluding carboxylic acids is 2. The summed E-state index contributed by atoms with van der Waals surface area (Å²) in [4.78, 5) is 55.7. The van der Waals surface area contributed by atoms with Gasteiger partial charge in [0.15, 0.2) is 0 Å². The zero-order chi connectivity index (χ0) is 46.3. The molecule has 13 nitrogen and oxygen atoms in total. The number of amides is 2. The predicted molar refractivity (Wildman–Crippen MR) is 246 cm³/mol. The maximum Gasteiger partial charge on any atom is 1.00 e. The minimum Gasteiger partial charge on any atom is -0.756 e. The third-order valence-electron chi connectivity index (χ3n) is 16.3. The molecular formula is C46H60Cl4N2Na2O11P2. The van der Waals surface area contributed by atoms with Crippen molar-refractivity contribution in [3.8, 4) is 11.5 Å². The van der Waals surface area contributed by atoms with Gasteiger partial charge >= 0.3 is 71.3 Å². The van der Waals surface area contributed by atoms with Gasteiger partial charge in [-0.25, -0.2) is 13.9 Å². The van der Waals surface area contributed by atoms with E-state index >= 15 is 0 Å². The SMILES string of the molecule is C[C@]12CC[C@H]3c4ccc(OC(=O)N(CCCl)CCCl)cc4CC[C@@H]3[C@H]1CC[C@@H]2OP(=O)([O-])OP(=O)([O-])O[C@H]1CC[C@H]2[C@@H]3CCc4cc(OC(=O)N(CCCl)CCCl)ccc4[C@H]3CC[C@]12C.[Na+].[Na+]. The average Bonchev–Trinajstić information content (AvgIpc) is 3.76. The van der Waals surface area contributed by atoms with Gasteiger partial charge in [-0.3, -0.25) is 9.13 Å². The van der Waals surface area contributed by atoms with Crippen molar-refractivity contribution in [2.75, 3.05) is 49.7 Å². The van der Waals surface area contributed by atoms with E-state index in [0.717, 1.165) is 62.5 Å². The van der Waals surface area contributed by atoms with Gasteiger partial charge in [-0.2, -0.15) is 0 Å². The minimum atomic E-state index is -5.35. The van der Waals surface area contributed by atoms with Crippen molar-refractivity contribution in [1.82, 2.24) is 9.80 Å². The monoisotopic (exact) mass is 1060 g/mol. The molecule has 0 radical (unpaired) electrons. The number of hydrogen-bond acceptors (Lipinski definition) is 11. The summed E-state index contributed by atoms with van der Waals surface area (Å²) in [6.07, 6.45) is 6.36. The number of nitrogens with zero attached hydrogens (tertiary/aromatic N) is 2. The van der Waals surface area contributed by atoms with E-state index in [-0.39, 0.29) is 118 Å². The molecule has 12 atom stereocenters. The Kier molecular flexibility index (Phi) is 20.1. The third kappa shape index (κ3) is 12.2. The van der Waals surface area contributed by atoms with E-state index in [0.29, 0.717) is 63.4 Å². The summed E-state index contributed by atoms with van der Waals surface area (Å²) in [5.41, 5.74) is 3.73. The first-order valence-electron chi connectivity index (χ1n) is 23.2.